The molecule has 0 aliphatic rings. The highest BCUT2D eigenvalue weighted by Crippen LogP contribution is 2.19. The summed E-state index contributed by atoms with van der Waals surface area (Å²) < 4.78 is 1.61. The summed E-state index contributed by atoms with van der Waals surface area (Å²) in [5, 5.41) is 7.45. The van der Waals surface area contributed by atoms with Gasteiger partial charge in [0.25, 0.3) is 5.91 Å². The number of hydrogen-bond donors (Lipinski definition) is 1. The van der Waals surface area contributed by atoms with Crippen LogP contribution in [-0.2, 0) is 6.42 Å². The van der Waals surface area contributed by atoms with Gasteiger partial charge in [-0.15, -0.1) is 5.10 Å². The van der Waals surface area contributed by atoms with E-state index < -0.39 is 0 Å². The number of benzene rings is 3. The van der Waals surface area contributed by atoms with E-state index in [0.717, 1.165) is 16.8 Å². The van der Waals surface area contributed by atoms with Crippen LogP contribution in [0.2, 0.25) is 0 Å². The Labute approximate surface area is 170 Å². The number of aryl methyl sites for hydroxylation is 1. The summed E-state index contributed by atoms with van der Waals surface area (Å²) in [6.07, 6.45) is 2.25. The van der Waals surface area contributed by atoms with Crippen LogP contribution in [0.1, 0.15) is 33.4 Å². The molecule has 29 heavy (non-hydrogen) atoms. The molecule has 0 bridgehead atoms. The maximum absolute atomic E-state index is 12.9. The number of nitrogens with zero attached hydrogens (tertiary/aromatic N) is 3. The van der Waals surface area contributed by atoms with Gasteiger partial charge in [-0.1, -0.05) is 78.4 Å². The van der Waals surface area contributed by atoms with Crippen LogP contribution in [0.3, 0.4) is 0 Å². The van der Waals surface area contributed by atoms with Crippen molar-refractivity contribution in [3.05, 3.63) is 114 Å². The van der Waals surface area contributed by atoms with Gasteiger partial charge in [0.2, 0.25) is 5.82 Å². The number of carbonyl (C=O) groups excluding carboxylic acids is 1. The van der Waals surface area contributed by atoms with Crippen molar-refractivity contribution < 1.29 is 4.79 Å². The Morgan fingerprint density at radius 3 is 2.28 bits per heavy atom. The van der Waals surface area contributed by atoms with Gasteiger partial charge in [0.05, 0.1) is 11.7 Å². The van der Waals surface area contributed by atoms with Crippen LogP contribution in [0.15, 0.2) is 91.3 Å². The summed E-state index contributed by atoms with van der Waals surface area (Å²) in [4.78, 5) is 17.1. The summed E-state index contributed by atoms with van der Waals surface area (Å²) in [5.41, 5.74) is 4.23. The smallest absolute Gasteiger partial charge is 0.291 e. The van der Waals surface area contributed by atoms with Crippen molar-refractivity contribution in [2.24, 2.45) is 0 Å². The number of hydrogen-bond acceptors (Lipinski definition) is 3. The molecule has 3 aromatic carbocycles. The SMILES string of the molecule is Cc1ccc(-n2cnc(C(=O)NC(Cc3ccccc3)c3ccccc3)n2)cc1. The zero-order chi connectivity index (χ0) is 20.1. The monoisotopic (exact) mass is 382 g/mol. The van der Waals surface area contributed by atoms with E-state index in [9.17, 15) is 4.79 Å². The van der Waals surface area contributed by atoms with Gasteiger partial charge in [-0.05, 0) is 36.6 Å². The molecule has 5 heteroatoms. The molecule has 0 aliphatic carbocycles. The quantitative estimate of drug-likeness (QED) is 0.541. The lowest BCUT2D eigenvalue weighted by Gasteiger charge is -2.18. The van der Waals surface area contributed by atoms with Gasteiger partial charge < -0.3 is 5.32 Å². The average Bonchev–Trinajstić information content (AvgIpc) is 3.26. The second kappa shape index (κ2) is 8.52. The molecular formula is C24H22N4O. The topological polar surface area (TPSA) is 59.8 Å². The van der Waals surface area contributed by atoms with E-state index in [4.69, 9.17) is 0 Å². The van der Waals surface area contributed by atoms with Crippen LogP contribution in [0.25, 0.3) is 5.69 Å². The highest BCUT2D eigenvalue weighted by Gasteiger charge is 2.19. The minimum Gasteiger partial charge on any atom is -0.342 e. The number of aromatic nitrogens is 3. The molecule has 1 aromatic heterocycles. The standard InChI is InChI=1S/C24H22N4O/c1-18-12-14-21(15-13-18)28-17-25-23(27-28)24(29)26-22(20-10-6-3-7-11-20)16-19-8-4-2-5-9-19/h2-15,17,22H,16H2,1H3,(H,26,29). The van der Waals surface area contributed by atoms with Crippen LogP contribution in [0.5, 0.6) is 0 Å². The zero-order valence-electron chi connectivity index (χ0n) is 16.2. The van der Waals surface area contributed by atoms with Crippen LogP contribution < -0.4 is 5.32 Å². The number of rotatable bonds is 6. The molecule has 144 valence electrons. The van der Waals surface area contributed by atoms with Crippen LogP contribution in [0, 0.1) is 6.92 Å². The molecule has 1 N–H and O–H groups in total. The van der Waals surface area contributed by atoms with E-state index in [0.29, 0.717) is 6.42 Å². The molecule has 0 aliphatic heterocycles. The van der Waals surface area contributed by atoms with Crippen LogP contribution in [0.4, 0.5) is 0 Å². The second-order valence-corrected chi connectivity index (χ2v) is 6.97. The number of amides is 1. The molecular weight excluding hydrogens is 360 g/mol. The first kappa shape index (κ1) is 18.6. The van der Waals surface area contributed by atoms with Gasteiger partial charge in [-0.25, -0.2) is 9.67 Å². The van der Waals surface area contributed by atoms with Gasteiger partial charge in [0, 0.05) is 0 Å². The minimum absolute atomic E-state index is 0.152. The average molecular weight is 382 g/mol. The molecule has 1 amide bonds. The third-order valence-electron chi connectivity index (χ3n) is 4.78. The molecule has 1 heterocycles. The van der Waals surface area contributed by atoms with Crippen molar-refractivity contribution in [3.63, 3.8) is 0 Å². The lowest BCUT2D eigenvalue weighted by atomic mass is 9.99. The Kier molecular flexibility index (Phi) is 5.47. The maximum atomic E-state index is 12.9. The lowest BCUT2D eigenvalue weighted by molar-refractivity contribution is 0.0926. The first-order valence-electron chi connectivity index (χ1n) is 9.57. The van der Waals surface area contributed by atoms with Gasteiger partial charge in [-0.3, -0.25) is 4.79 Å². The molecule has 0 radical (unpaired) electrons. The largest absolute Gasteiger partial charge is 0.342 e. The maximum Gasteiger partial charge on any atom is 0.291 e. The molecule has 5 nitrogen and oxygen atoms in total. The predicted octanol–water partition coefficient (Wildman–Crippen LogP) is 4.29. The Morgan fingerprint density at radius 1 is 0.931 bits per heavy atom. The number of carbonyl (C=O) groups is 1. The highest BCUT2D eigenvalue weighted by atomic mass is 16.2. The molecule has 0 saturated heterocycles. The molecule has 0 spiro atoms. The Hall–Kier alpha value is -3.73. The fourth-order valence-electron chi connectivity index (χ4n) is 3.20. The molecule has 0 saturated carbocycles. The lowest BCUT2D eigenvalue weighted by Crippen LogP contribution is -2.31. The van der Waals surface area contributed by atoms with E-state index in [1.165, 1.54) is 5.56 Å². The summed E-state index contributed by atoms with van der Waals surface area (Å²) in [5.74, 6) is -0.139. The fourth-order valence-corrected chi connectivity index (χ4v) is 3.20. The zero-order valence-corrected chi connectivity index (χ0v) is 16.2. The molecule has 1 unspecified atom stereocenters. The fraction of sp³-hybridized carbons (Fsp3) is 0.125. The molecule has 4 rings (SSSR count). The van der Waals surface area contributed by atoms with E-state index in [1.54, 1.807) is 11.0 Å². The molecule has 0 fully saturated rings. The van der Waals surface area contributed by atoms with Crippen molar-refractivity contribution >= 4 is 5.91 Å². The Morgan fingerprint density at radius 2 is 1.59 bits per heavy atom. The van der Waals surface area contributed by atoms with Gasteiger partial charge in [0.1, 0.15) is 6.33 Å². The van der Waals surface area contributed by atoms with E-state index in [1.807, 2.05) is 79.7 Å². The van der Waals surface area contributed by atoms with E-state index in [2.05, 4.69) is 27.5 Å². The first-order chi connectivity index (χ1) is 14.2. The predicted molar refractivity (Wildman–Crippen MR) is 113 cm³/mol. The molecule has 4 aromatic rings. The molecule has 1 atom stereocenters. The first-order valence-corrected chi connectivity index (χ1v) is 9.57. The van der Waals surface area contributed by atoms with Crippen molar-refractivity contribution in [3.8, 4) is 5.69 Å². The van der Waals surface area contributed by atoms with E-state index >= 15 is 0 Å². The van der Waals surface area contributed by atoms with Gasteiger partial charge >= 0.3 is 0 Å². The number of nitrogens with one attached hydrogen (secondary N) is 1. The second-order valence-electron chi connectivity index (χ2n) is 6.97. The normalized spacial score (nSPS) is 11.8. The van der Waals surface area contributed by atoms with Crippen LogP contribution >= 0.6 is 0 Å². The van der Waals surface area contributed by atoms with Crippen LogP contribution in [-0.4, -0.2) is 20.7 Å². The third kappa shape index (κ3) is 4.58. The minimum atomic E-state index is -0.291. The highest BCUT2D eigenvalue weighted by molar-refractivity contribution is 5.90. The van der Waals surface area contributed by atoms with Crippen molar-refractivity contribution in [2.45, 2.75) is 19.4 Å². The van der Waals surface area contributed by atoms with E-state index in [-0.39, 0.29) is 17.8 Å². The summed E-state index contributed by atoms with van der Waals surface area (Å²) in [7, 11) is 0. The van der Waals surface area contributed by atoms with Crippen molar-refractivity contribution in [1.29, 1.82) is 0 Å². The van der Waals surface area contributed by atoms with Crippen molar-refractivity contribution in [1.82, 2.24) is 20.1 Å². The van der Waals surface area contributed by atoms with Crippen molar-refractivity contribution in [2.75, 3.05) is 0 Å². The third-order valence-corrected chi connectivity index (χ3v) is 4.78. The Balaban J connectivity index is 1.54. The summed E-state index contributed by atoms with van der Waals surface area (Å²) in [6, 6.07) is 27.8. The Bertz CT molecular complexity index is 1070. The summed E-state index contributed by atoms with van der Waals surface area (Å²) in [6.45, 7) is 2.03. The van der Waals surface area contributed by atoms with Gasteiger partial charge in [0.15, 0.2) is 0 Å². The summed E-state index contributed by atoms with van der Waals surface area (Å²) >= 11 is 0. The van der Waals surface area contributed by atoms with Gasteiger partial charge in [-0.2, -0.15) is 0 Å².